The van der Waals surface area contributed by atoms with Gasteiger partial charge in [0.05, 0.1) is 55.9 Å². The van der Waals surface area contributed by atoms with E-state index in [1.54, 1.807) is 13.8 Å². The van der Waals surface area contributed by atoms with Gasteiger partial charge in [0.2, 0.25) is 6.29 Å². The van der Waals surface area contributed by atoms with Crippen molar-refractivity contribution in [3.63, 3.8) is 0 Å². The number of benzene rings is 2. The van der Waals surface area contributed by atoms with Crippen LogP contribution >= 0.6 is 0 Å². The molecular weight excluding hydrogens is 913 g/mol. The summed E-state index contributed by atoms with van der Waals surface area (Å²) in [6.07, 6.45) is -10.8. The Balaban J connectivity index is 1.26. The third-order valence-corrected chi connectivity index (χ3v) is 13.7. The van der Waals surface area contributed by atoms with Crippen LogP contribution in [0, 0.1) is 29.6 Å². The van der Waals surface area contributed by atoms with Gasteiger partial charge in [0.25, 0.3) is 0 Å². The van der Waals surface area contributed by atoms with E-state index in [4.69, 9.17) is 56.8 Å². The van der Waals surface area contributed by atoms with E-state index in [0.717, 1.165) is 11.1 Å². The van der Waals surface area contributed by atoms with Crippen LogP contribution in [0.15, 0.2) is 70.9 Å². The van der Waals surface area contributed by atoms with Crippen molar-refractivity contribution >= 4 is 17.9 Å². The quantitative estimate of drug-likeness (QED) is 0.0434. The molecule has 20 atom stereocenters. The number of rotatable bonds is 19. The molecule has 21 heteroatoms. The second-order valence-electron chi connectivity index (χ2n) is 18.7. The molecule has 0 radical (unpaired) electrons. The van der Waals surface area contributed by atoms with E-state index in [-0.39, 0.29) is 43.9 Å². The lowest BCUT2D eigenvalue weighted by atomic mass is 9.85. The first kappa shape index (κ1) is 54.4. The number of azide groups is 2. The first-order valence-corrected chi connectivity index (χ1v) is 23.9. The fourth-order valence-electron chi connectivity index (χ4n) is 9.67. The summed E-state index contributed by atoms with van der Waals surface area (Å²) in [6, 6.07) is 17.5. The summed E-state index contributed by atoms with van der Waals surface area (Å²) >= 11 is 0. The molecule has 4 aliphatic rings. The van der Waals surface area contributed by atoms with Crippen molar-refractivity contribution in [3.05, 3.63) is 92.7 Å². The average Bonchev–Trinajstić information content (AvgIpc) is 3.32. The summed E-state index contributed by atoms with van der Waals surface area (Å²) in [5, 5.41) is 8.11. The SMILES string of the molecule is CC(=O)OCC1OC(OC(C)=O)C(N=[N+]=[N-])[C@@H](C)[C@@H]1O[C@@H]1OC(C)[C@@H](O[C@@H]2OC(COC(C)=O)[C@@H](O[C@@H]3OC(C)[C@@H](C)[C@@H](OCc4ccccc4)C3C)[C@H](C)C2N=[N+]=[N-])[C@@H](OCc2ccccc2)C1C. The normalized spacial score (nSPS) is 37.5. The molecule has 0 bridgehead atoms. The van der Waals surface area contributed by atoms with E-state index in [2.05, 4.69) is 27.0 Å². The molecule has 384 valence electrons. The zero-order valence-corrected chi connectivity index (χ0v) is 41.5. The highest BCUT2D eigenvalue weighted by molar-refractivity contribution is 5.66. The monoisotopic (exact) mass is 980 g/mol. The van der Waals surface area contributed by atoms with Crippen LogP contribution in [-0.4, -0.2) is 123 Å². The predicted molar refractivity (Wildman–Crippen MR) is 247 cm³/mol. The van der Waals surface area contributed by atoms with Crippen molar-refractivity contribution in [1.29, 1.82) is 0 Å². The van der Waals surface area contributed by atoms with Crippen LogP contribution in [0.5, 0.6) is 0 Å². The highest BCUT2D eigenvalue weighted by atomic mass is 16.8. The van der Waals surface area contributed by atoms with Gasteiger partial charge in [-0.3, -0.25) is 14.4 Å². The molecule has 9 unspecified atom stereocenters. The molecule has 0 aromatic heterocycles. The first-order chi connectivity index (χ1) is 33.5. The minimum absolute atomic E-state index is 0.0317. The molecule has 4 fully saturated rings. The van der Waals surface area contributed by atoms with Gasteiger partial charge in [-0.25, -0.2) is 0 Å². The molecule has 4 heterocycles. The number of nitrogens with zero attached hydrogens (tertiary/aromatic N) is 6. The molecule has 0 spiro atoms. The van der Waals surface area contributed by atoms with Crippen LogP contribution in [0.3, 0.4) is 0 Å². The van der Waals surface area contributed by atoms with Gasteiger partial charge in [0.1, 0.15) is 37.6 Å². The Morgan fingerprint density at radius 1 is 0.500 bits per heavy atom. The molecule has 4 saturated heterocycles. The van der Waals surface area contributed by atoms with Crippen LogP contribution in [-0.2, 0) is 84.4 Å². The molecular formula is C49H68N6O15. The van der Waals surface area contributed by atoms with E-state index in [1.807, 2.05) is 88.4 Å². The van der Waals surface area contributed by atoms with Gasteiger partial charge in [0.15, 0.2) is 18.9 Å². The van der Waals surface area contributed by atoms with Gasteiger partial charge in [0, 0.05) is 48.3 Å². The molecule has 4 aliphatic heterocycles. The van der Waals surface area contributed by atoms with Crippen LogP contribution in [0.25, 0.3) is 20.9 Å². The lowest BCUT2D eigenvalue weighted by Gasteiger charge is -2.51. The Bertz CT molecular complexity index is 2120. The third-order valence-electron chi connectivity index (χ3n) is 13.7. The van der Waals surface area contributed by atoms with Crippen molar-refractivity contribution in [3.8, 4) is 0 Å². The number of hydrogen-bond donors (Lipinski definition) is 0. The maximum atomic E-state index is 12.3. The Morgan fingerprint density at radius 2 is 0.929 bits per heavy atom. The number of carbonyl (C=O) groups excluding carboxylic acids is 3. The van der Waals surface area contributed by atoms with E-state index in [1.165, 1.54) is 20.8 Å². The summed E-state index contributed by atoms with van der Waals surface area (Å²) in [5.41, 5.74) is 21.4. The van der Waals surface area contributed by atoms with Crippen molar-refractivity contribution < 1.29 is 71.2 Å². The van der Waals surface area contributed by atoms with Crippen LogP contribution in [0.2, 0.25) is 0 Å². The van der Waals surface area contributed by atoms with Crippen molar-refractivity contribution in [1.82, 2.24) is 0 Å². The Kier molecular flexibility index (Phi) is 19.8. The topological polar surface area (TPSA) is 259 Å². The molecule has 70 heavy (non-hydrogen) atoms. The second-order valence-corrected chi connectivity index (χ2v) is 18.7. The number of esters is 3. The summed E-state index contributed by atoms with van der Waals surface area (Å²) in [7, 11) is 0. The lowest BCUT2D eigenvalue weighted by Crippen LogP contribution is -2.63. The van der Waals surface area contributed by atoms with Crippen molar-refractivity contribution in [2.75, 3.05) is 13.2 Å². The van der Waals surface area contributed by atoms with Crippen molar-refractivity contribution in [2.45, 2.75) is 175 Å². The predicted octanol–water partition coefficient (Wildman–Crippen LogP) is 7.48. The van der Waals surface area contributed by atoms with Gasteiger partial charge in [-0.2, -0.15) is 0 Å². The zero-order chi connectivity index (χ0) is 50.6. The molecule has 0 saturated carbocycles. The fraction of sp³-hybridized carbons (Fsp3) is 0.694. The molecule has 0 N–H and O–H groups in total. The average molecular weight is 981 g/mol. The Labute approximate surface area is 408 Å². The zero-order valence-electron chi connectivity index (χ0n) is 41.5. The van der Waals surface area contributed by atoms with Crippen LogP contribution in [0.4, 0.5) is 0 Å². The maximum Gasteiger partial charge on any atom is 0.304 e. The first-order valence-electron chi connectivity index (χ1n) is 23.9. The van der Waals surface area contributed by atoms with Crippen molar-refractivity contribution in [2.24, 2.45) is 39.8 Å². The Hall–Kier alpha value is -4.89. The molecule has 2 aromatic rings. The van der Waals surface area contributed by atoms with E-state index in [0.29, 0.717) is 6.61 Å². The van der Waals surface area contributed by atoms with E-state index >= 15 is 0 Å². The third kappa shape index (κ3) is 13.7. The highest BCUT2D eigenvalue weighted by Crippen LogP contribution is 2.42. The van der Waals surface area contributed by atoms with Gasteiger partial charge < -0.3 is 56.8 Å². The Morgan fingerprint density at radius 3 is 1.40 bits per heavy atom. The minimum atomic E-state index is -1.29. The summed E-state index contributed by atoms with van der Waals surface area (Å²) in [5.74, 6) is -3.83. The standard InChI is InChI=1S/C49H68N6O15/c1-25-30(6)63-46(28(4)41(25)61-21-35-17-13-11-14-18-35)68-43-27(3)40(53-55-51)49(67-38(43)24-60-33(9)57)70-45-31(7)64-47(29(5)44(45)62-22-36-19-15-12-16-20-36)69-42-26(2)39(52-54-50)48(65-34(10)58)66-37(42)23-59-32(8)56/h11-20,25-31,37-49H,21-24H2,1-10H3/t25-,26-,27-,28?,29?,30?,31?,37?,38?,39?,40?,41-,42+,43+,44+,45-,46+,47+,48?,49+/m1/s1. The summed E-state index contributed by atoms with van der Waals surface area (Å²) in [4.78, 5) is 42.6. The maximum absolute atomic E-state index is 12.3. The van der Waals surface area contributed by atoms with Gasteiger partial charge in [-0.15, -0.1) is 0 Å². The number of ether oxygens (including phenoxy) is 12. The van der Waals surface area contributed by atoms with Gasteiger partial charge in [-0.1, -0.05) is 106 Å². The molecule has 2 aromatic carbocycles. The number of carbonyl (C=O) groups is 3. The minimum Gasteiger partial charge on any atom is -0.463 e. The molecule has 0 aliphatic carbocycles. The van der Waals surface area contributed by atoms with E-state index in [9.17, 15) is 25.4 Å². The van der Waals surface area contributed by atoms with Crippen LogP contribution < -0.4 is 0 Å². The van der Waals surface area contributed by atoms with E-state index < -0.39 is 116 Å². The second kappa shape index (κ2) is 25.5. The number of hydrogen-bond acceptors (Lipinski definition) is 17. The van der Waals surface area contributed by atoms with Gasteiger partial charge >= 0.3 is 17.9 Å². The molecule has 6 rings (SSSR count). The summed E-state index contributed by atoms with van der Waals surface area (Å²) in [6.45, 7) is 17.1. The smallest absolute Gasteiger partial charge is 0.304 e. The van der Waals surface area contributed by atoms with Crippen LogP contribution in [0.1, 0.15) is 80.4 Å². The van der Waals surface area contributed by atoms with Gasteiger partial charge in [-0.05, 0) is 47.9 Å². The molecule has 0 amide bonds. The molecule has 21 nitrogen and oxygen atoms in total. The lowest BCUT2D eigenvalue weighted by molar-refractivity contribution is -0.360. The highest BCUT2D eigenvalue weighted by Gasteiger charge is 2.54. The largest absolute Gasteiger partial charge is 0.463 e. The fourth-order valence-corrected chi connectivity index (χ4v) is 9.67. The summed E-state index contributed by atoms with van der Waals surface area (Å²) < 4.78 is 75.9.